The molecule has 0 bridgehead atoms. The Morgan fingerprint density at radius 3 is 2.28 bits per heavy atom. The zero-order valence-electron chi connectivity index (χ0n) is 14.0. The number of nitrogens with zero attached hydrogens (tertiary/aromatic N) is 3. The summed E-state index contributed by atoms with van der Waals surface area (Å²) in [5, 5.41) is 0. The molecule has 1 unspecified atom stereocenters. The standard InChI is InChI=1S/C16H18N4O4S/c1-16(2,3)24-15(22)20-25(23,13-7-5-4-6-8-13)19-14(21)12-9-17-11-18-10-12/h4-11H,1-3H3,(H,19,20,21,22,23). The normalized spacial score (nSPS) is 13.4. The molecule has 0 aliphatic carbocycles. The highest BCUT2D eigenvalue weighted by molar-refractivity contribution is 7.92. The first-order valence-corrected chi connectivity index (χ1v) is 8.83. The molecule has 2 aromatic rings. The molecule has 25 heavy (non-hydrogen) atoms. The molecule has 1 aromatic heterocycles. The summed E-state index contributed by atoms with van der Waals surface area (Å²) in [6.07, 6.45) is 2.75. The second-order valence-corrected chi connectivity index (χ2v) is 7.88. The summed E-state index contributed by atoms with van der Waals surface area (Å²) in [6.45, 7) is 4.97. The van der Waals surface area contributed by atoms with Gasteiger partial charge < -0.3 is 4.74 Å². The zero-order valence-corrected chi connectivity index (χ0v) is 14.8. The number of rotatable bonds is 3. The number of ether oxygens (including phenoxy) is 1. The van der Waals surface area contributed by atoms with E-state index in [4.69, 9.17) is 4.74 Å². The maximum absolute atomic E-state index is 13.2. The van der Waals surface area contributed by atoms with Crippen molar-refractivity contribution in [3.05, 3.63) is 54.6 Å². The Kier molecular flexibility index (Phi) is 5.48. The van der Waals surface area contributed by atoms with Gasteiger partial charge in [-0.1, -0.05) is 18.2 Å². The van der Waals surface area contributed by atoms with Crippen molar-refractivity contribution in [3.8, 4) is 0 Å². The lowest BCUT2D eigenvalue weighted by atomic mass is 10.2. The lowest BCUT2D eigenvalue weighted by molar-refractivity contribution is 0.0607. The average Bonchev–Trinajstić information content (AvgIpc) is 2.54. The van der Waals surface area contributed by atoms with Crippen LogP contribution in [0.4, 0.5) is 4.79 Å². The molecule has 9 heteroatoms. The van der Waals surface area contributed by atoms with Crippen LogP contribution in [0.25, 0.3) is 0 Å². The largest absolute Gasteiger partial charge is 0.444 e. The lowest BCUT2D eigenvalue weighted by Crippen LogP contribution is -2.32. The van der Waals surface area contributed by atoms with Crippen molar-refractivity contribution < 1.29 is 18.5 Å². The molecule has 0 radical (unpaired) electrons. The summed E-state index contributed by atoms with van der Waals surface area (Å²) in [7, 11) is -3.59. The predicted molar refractivity (Wildman–Crippen MR) is 91.0 cm³/mol. The van der Waals surface area contributed by atoms with E-state index in [2.05, 4.69) is 19.1 Å². The van der Waals surface area contributed by atoms with E-state index >= 15 is 0 Å². The Hall–Kier alpha value is -2.81. The Bertz CT molecular complexity index is 870. The third kappa shape index (κ3) is 5.35. The first kappa shape index (κ1) is 18.5. The SMILES string of the molecule is CC(C)(C)OC(=O)N=S(=O)(NC(=O)c1cncnc1)c1ccccc1. The van der Waals surface area contributed by atoms with Gasteiger partial charge in [0.2, 0.25) is 0 Å². The molecule has 1 aromatic carbocycles. The van der Waals surface area contributed by atoms with Crippen LogP contribution in [0.15, 0.2) is 58.3 Å². The Balaban J connectivity index is 2.42. The van der Waals surface area contributed by atoms with E-state index in [1.54, 1.807) is 39.0 Å². The minimum Gasteiger partial charge on any atom is -0.442 e. The van der Waals surface area contributed by atoms with E-state index in [1.165, 1.54) is 30.9 Å². The second kappa shape index (κ2) is 7.39. The van der Waals surface area contributed by atoms with Crippen molar-refractivity contribution in [1.82, 2.24) is 14.7 Å². The van der Waals surface area contributed by atoms with Gasteiger partial charge in [0.05, 0.1) is 10.5 Å². The topological polar surface area (TPSA) is 111 Å². The fourth-order valence-electron chi connectivity index (χ4n) is 1.73. The summed E-state index contributed by atoms with van der Waals surface area (Å²) in [4.78, 5) is 32.0. The number of amides is 2. The summed E-state index contributed by atoms with van der Waals surface area (Å²) >= 11 is 0. The van der Waals surface area contributed by atoms with Gasteiger partial charge in [-0.3, -0.25) is 9.52 Å². The fourth-order valence-corrected chi connectivity index (χ4v) is 3.14. The van der Waals surface area contributed by atoms with Gasteiger partial charge in [-0.2, -0.15) is 0 Å². The van der Waals surface area contributed by atoms with Gasteiger partial charge in [-0.25, -0.2) is 19.0 Å². The molecule has 1 atom stereocenters. The highest BCUT2D eigenvalue weighted by Crippen LogP contribution is 2.15. The van der Waals surface area contributed by atoms with Crippen LogP contribution >= 0.6 is 0 Å². The number of nitrogens with one attached hydrogen (secondary N) is 1. The molecule has 8 nitrogen and oxygen atoms in total. The van der Waals surface area contributed by atoms with Gasteiger partial charge in [0.25, 0.3) is 5.91 Å². The Morgan fingerprint density at radius 1 is 1.12 bits per heavy atom. The first-order chi connectivity index (χ1) is 11.7. The van der Waals surface area contributed by atoms with Crippen molar-refractivity contribution in [2.24, 2.45) is 4.36 Å². The quantitative estimate of drug-likeness (QED) is 0.898. The molecule has 132 valence electrons. The van der Waals surface area contributed by atoms with Crippen LogP contribution in [-0.2, 0) is 14.7 Å². The third-order valence-electron chi connectivity index (χ3n) is 2.71. The molecule has 0 saturated heterocycles. The van der Waals surface area contributed by atoms with Crippen LogP contribution in [0.2, 0.25) is 0 Å². The van der Waals surface area contributed by atoms with Crippen molar-refractivity contribution in [3.63, 3.8) is 0 Å². The number of hydrogen-bond donors (Lipinski definition) is 1. The molecule has 0 fully saturated rings. The highest BCUT2D eigenvalue weighted by Gasteiger charge is 2.22. The van der Waals surface area contributed by atoms with Crippen molar-refractivity contribution in [1.29, 1.82) is 0 Å². The third-order valence-corrected chi connectivity index (χ3v) is 4.49. The van der Waals surface area contributed by atoms with Crippen molar-refractivity contribution >= 4 is 21.9 Å². The van der Waals surface area contributed by atoms with Crippen LogP contribution in [0, 0.1) is 0 Å². The van der Waals surface area contributed by atoms with E-state index < -0.39 is 27.5 Å². The monoisotopic (exact) mass is 362 g/mol. The maximum atomic E-state index is 13.2. The lowest BCUT2D eigenvalue weighted by Gasteiger charge is -2.18. The summed E-state index contributed by atoms with van der Waals surface area (Å²) in [6, 6.07) is 7.95. The van der Waals surface area contributed by atoms with E-state index in [0.29, 0.717) is 0 Å². The van der Waals surface area contributed by atoms with Gasteiger partial charge in [-0.15, -0.1) is 4.36 Å². The van der Waals surface area contributed by atoms with Crippen LogP contribution in [-0.4, -0.2) is 31.8 Å². The van der Waals surface area contributed by atoms with E-state index in [0.717, 1.165) is 0 Å². The number of aromatic nitrogens is 2. The van der Waals surface area contributed by atoms with Crippen LogP contribution in [0.3, 0.4) is 0 Å². The molecule has 2 rings (SSSR count). The first-order valence-electron chi connectivity index (χ1n) is 7.32. The van der Waals surface area contributed by atoms with Crippen LogP contribution in [0.1, 0.15) is 31.1 Å². The summed E-state index contributed by atoms with van der Waals surface area (Å²) < 4.78 is 24.2. The highest BCUT2D eigenvalue weighted by atomic mass is 32.2. The predicted octanol–water partition coefficient (Wildman–Crippen LogP) is 2.58. The molecular formula is C16H18N4O4S. The number of carbonyl (C=O) groups is 2. The zero-order chi connectivity index (χ0) is 18.5. The minimum absolute atomic E-state index is 0.0885. The molecule has 0 saturated carbocycles. The molecule has 1 heterocycles. The van der Waals surface area contributed by atoms with Crippen molar-refractivity contribution in [2.75, 3.05) is 0 Å². The van der Waals surface area contributed by atoms with E-state index in [1.807, 2.05) is 0 Å². The number of benzene rings is 1. The smallest absolute Gasteiger partial charge is 0.442 e. The number of carbonyl (C=O) groups excluding carboxylic acids is 2. The molecule has 1 N–H and O–H groups in total. The summed E-state index contributed by atoms with van der Waals surface area (Å²) in [5.41, 5.74) is -0.722. The average molecular weight is 362 g/mol. The van der Waals surface area contributed by atoms with Gasteiger partial charge >= 0.3 is 6.09 Å². The Labute approximate surface area is 146 Å². The second-order valence-electron chi connectivity index (χ2n) is 5.97. The number of hydrogen-bond acceptors (Lipinski definition) is 6. The van der Waals surface area contributed by atoms with Crippen LogP contribution < -0.4 is 4.72 Å². The Morgan fingerprint density at radius 2 is 1.72 bits per heavy atom. The molecule has 0 spiro atoms. The molecule has 0 aliphatic rings. The summed E-state index contributed by atoms with van der Waals surface area (Å²) in [5.74, 6) is -0.721. The van der Waals surface area contributed by atoms with Gasteiger partial charge in [0.15, 0.2) is 9.92 Å². The van der Waals surface area contributed by atoms with Crippen molar-refractivity contribution in [2.45, 2.75) is 31.3 Å². The van der Waals surface area contributed by atoms with E-state index in [-0.39, 0.29) is 10.5 Å². The van der Waals surface area contributed by atoms with Gasteiger partial charge in [0, 0.05) is 12.4 Å². The van der Waals surface area contributed by atoms with E-state index in [9.17, 15) is 13.8 Å². The molecular weight excluding hydrogens is 344 g/mol. The van der Waals surface area contributed by atoms with Gasteiger partial charge in [-0.05, 0) is 32.9 Å². The van der Waals surface area contributed by atoms with Gasteiger partial charge in [0.1, 0.15) is 11.9 Å². The molecule has 0 aliphatic heterocycles. The fraction of sp³-hybridized carbons (Fsp3) is 0.250. The minimum atomic E-state index is -3.59. The maximum Gasteiger partial charge on any atom is 0.444 e. The molecule has 2 amide bonds. The van der Waals surface area contributed by atoms with Crippen LogP contribution in [0.5, 0.6) is 0 Å².